The molecule has 42 heavy (non-hydrogen) atoms. The Morgan fingerprint density at radius 2 is 1.71 bits per heavy atom. The summed E-state index contributed by atoms with van der Waals surface area (Å²) >= 11 is 0. The van der Waals surface area contributed by atoms with E-state index >= 15 is 0 Å². The van der Waals surface area contributed by atoms with Crippen molar-refractivity contribution in [2.45, 2.75) is 109 Å². The van der Waals surface area contributed by atoms with Gasteiger partial charge in [0.1, 0.15) is 17.6 Å². The average molecular weight is 580 g/mol. The van der Waals surface area contributed by atoms with E-state index < -0.39 is 11.4 Å². The predicted molar refractivity (Wildman–Crippen MR) is 156 cm³/mol. The van der Waals surface area contributed by atoms with E-state index in [2.05, 4.69) is 23.6 Å². The molecule has 5 atom stereocenters. The zero-order valence-corrected chi connectivity index (χ0v) is 25.1. The number of hydrogen-bond donors (Lipinski definition) is 3. The second kappa shape index (κ2) is 12.5. The molecule has 0 spiro atoms. The Balaban J connectivity index is 1.30. The number of methoxy groups -OCH3 is 1. The maximum absolute atomic E-state index is 13.8. The van der Waals surface area contributed by atoms with Crippen LogP contribution in [0.5, 0.6) is 11.5 Å². The van der Waals surface area contributed by atoms with Crippen LogP contribution >= 0.6 is 0 Å². The van der Waals surface area contributed by atoms with Crippen LogP contribution in [0.3, 0.4) is 0 Å². The van der Waals surface area contributed by atoms with Crippen LogP contribution in [0, 0.1) is 40.4 Å². The highest BCUT2D eigenvalue weighted by atomic mass is 16.5. The van der Waals surface area contributed by atoms with Gasteiger partial charge in [0.05, 0.1) is 35.7 Å². The monoisotopic (exact) mass is 579 g/mol. The van der Waals surface area contributed by atoms with Gasteiger partial charge in [0, 0.05) is 18.2 Å². The average Bonchev–Trinajstić information content (AvgIpc) is 3.60. The van der Waals surface area contributed by atoms with Gasteiger partial charge in [0.15, 0.2) is 0 Å². The fraction of sp³-hybridized carbons (Fsp3) is 0.697. The van der Waals surface area contributed by atoms with Crippen LogP contribution in [-0.2, 0) is 9.59 Å². The third-order valence-corrected chi connectivity index (χ3v) is 10.8. The Hall–Kier alpha value is -3.28. The van der Waals surface area contributed by atoms with Crippen LogP contribution in [-0.4, -0.2) is 48.2 Å². The van der Waals surface area contributed by atoms with Crippen LogP contribution < -0.4 is 20.1 Å². The first kappa shape index (κ1) is 30.2. The van der Waals surface area contributed by atoms with Crippen LogP contribution in [0.25, 0.3) is 0 Å². The molecule has 2 amide bonds. The number of hydrogen-bond acceptors (Lipinski definition) is 6. The molecule has 0 unspecified atom stereocenters. The van der Waals surface area contributed by atoms with Crippen LogP contribution in [0.4, 0.5) is 0 Å². The van der Waals surface area contributed by atoms with E-state index in [4.69, 9.17) is 9.47 Å². The Bertz CT molecular complexity index is 1230. The molecule has 1 aromatic rings. The summed E-state index contributed by atoms with van der Waals surface area (Å²) in [5.74, 6) is 0.227. The molecule has 5 rings (SSSR count). The number of nitrogens with one attached hydrogen (secondary N) is 2. The molecule has 9 heteroatoms. The second-order valence-electron chi connectivity index (χ2n) is 13.4. The lowest BCUT2D eigenvalue weighted by molar-refractivity contribution is -0.150. The molecular formula is C33H45N3O6. The van der Waals surface area contributed by atoms with Crippen molar-refractivity contribution in [1.82, 2.24) is 10.6 Å². The van der Waals surface area contributed by atoms with Crippen molar-refractivity contribution in [3.05, 3.63) is 23.3 Å². The fourth-order valence-electron chi connectivity index (χ4n) is 8.01. The highest BCUT2D eigenvalue weighted by molar-refractivity contribution is 5.98. The molecule has 0 aromatic heterocycles. The van der Waals surface area contributed by atoms with E-state index in [1.54, 1.807) is 13.0 Å². The number of ether oxygens (including phenoxy) is 2. The largest absolute Gasteiger partial charge is 0.496 e. The Kier molecular flexibility index (Phi) is 9.00. The molecule has 4 aliphatic carbocycles. The predicted octanol–water partition coefficient (Wildman–Crippen LogP) is 5.21. The minimum atomic E-state index is -0.807. The first-order valence-corrected chi connectivity index (χ1v) is 15.8. The van der Waals surface area contributed by atoms with Crippen LogP contribution in [0.15, 0.2) is 12.1 Å². The van der Waals surface area contributed by atoms with E-state index in [0.29, 0.717) is 31.6 Å². The minimum absolute atomic E-state index is 0.0482. The summed E-state index contributed by atoms with van der Waals surface area (Å²) in [5.41, 5.74) is -0.264. The molecule has 4 aliphatic rings. The smallest absolute Gasteiger partial charge is 0.309 e. The van der Waals surface area contributed by atoms with Gasteiger partial charge in [-0.05, 0) is 95.5 Å². The van der Waals surface area contributed by atoms with E-state index in [-0.39, 0.29) is 70.4 Å². The summed E-state index contributed by atoms with van der Waals surface area (Å²) in [5, 5.41) is 25.9. The van der Waals surface area contributed by atoms with Crippen LogP contribution in [0.2, 0.25) is 0 Å². The van der Waals surface area contributed by atoms with E-state index in [9.17, 15) is 24.8 Å². The number of rotatable bonds is 9. The first-order valence-electron chi connectivity index (χ1n) is 15.8. The molecule has 3 N–H and O–H groups in total. The maximum Gasteiger partial charge on any atom is 0.309 e. The van der Waals surface area contributed by atoms with Gasteiger partial charge < -0.3 is 25.2 Å². The topological polar surface area (TPSA) is 138 Å². The lowest BCUT2D eigenvalue weighted by atomic mass is 9.75. The number of aliphatic carboxylic acids is 1. The number of nitrogens with zero attached hydrogens (tertiary/aromatic N) is 1. The number of carboxylic acid groups (broad SMARTS) is 1. The molecule has 0 radical (unpaired) electrons. The normalized spacial score (nSPS) is 31.5. The van der Waals surface area contributed by atoms with Gasteiger partial charge >= 0.3 is 5.97 Å². The molecule has 2 bridgehead atoms. The standard InChI is InChI=1S/C33H45N3O6/c1-19(20-7-5-4-6-8-20)35-31(38)28-21-9-10-22(15-21)29(28)36-30(37)25-17-26(23(18-34)16-27(25)41-3)42-24-11-13-33(2,14-12-24)32(39)40/h16-17,19-22,24,28-29H,4-15H2,1-3H3,(H,35,38)(H,36,37)(H,39,40)/t19-,21-,22+,24-,28+,29-,33+/m1/s1. The summed E-state index contributed by atoms with van der Waals surface area (Å²) in [7, 11) is 1.46. The van der Waals surface area contributed by atoms with Crippen molar-refractivity contribution in [2.75, 3.05) is 7.11 Å². The Morgan fingerprint density at radius 1 is 1.02 bits per heavy atom. The summed E-state index contributed by atoms with van der Waals surface area (Å²) in [6, 6.07) is 5.09. The Labute approximate surface area is 248 Å². The number of benzene rings is 1. The summed E-state index contributed by atoms with van der Waals surface area (Å²) in [4.78, 5) is 39.0. The van der Waals surface area contributed by atoms with Gasteiger partial charge in [0.25, 0.3) is 5.91 Å². The number of carbonyl (C=O) groups is 3. The fourth-order valence-corrected chi connectivity index (χ4v) is 8.01. The highest BCUT2D eigenvalue weighted by Crippen LogP contribution is 2.49. The number of nitriles is 1. The van der Waals surface area contributed by atoms with Gasteiger partial charge in [-0.3, -0.25) is 14.4 Å². The molecule has 4 fully saturated rings. The lowest BCUT2D eigenvalue weighted by Gasteiger charge is -2.34. The van der Waals surface area contributed by atoms with Crippen molar-refractivity contribution < 1.29 is 29.0 Å². The first-order chi connectivity index (χ1) is 20.1. The van der Waals surface area contributed by atoms with Gasteiger partial charge in [-0.25, -0.2) is 0 Å². The van der Waals surface area contributed by atoms with Crippen molar-refractivity contribution in [1.29, 1.82) is 5.26 Å². The SMILES string of the molecule is COc1cc(C#N)c(O[C@H]2CC[C@@](C)(C(=O)O)CC2)cc1C(=O)N[C@@H]1[C@H]2CC[C@H](C2)[C@@H]1C(=O)N[C@H](C)C1CCCCC1. The zero-order valence-electron chi connectivity index (χ0n) is 25.1. The van der Waals surface area contributed by atoms with Crippen molar-refractivity contribution in [3.8, 4) is 17.6 Å². The molecule has 0 aliphatic heterocycles. The van der Waals surface area contributed by atoms with Gasteiger partial charge in [-0.15, -0.1) is 0 Å². The quantitative estimate of drug-likeness (QED) is 0.365. The molecular weight excluding hydrogens is 534 g/mol. The number of amides is 2. The number of fused-ring (bicyclic) bond motifs is 2. The molecule has 4 saturated carbocycles. The lowest BCUT2D eigenvalue weighted by Crippen LogP contribution is -2.52. The summed E-state index contributed by atoms with van der Waals surface area (Å²) in [6.45, 7) is 3.87. The van der Waals surface area contributed by atoms with Crippen molar-refractivity contribution in [3.63, 3.8) is 0 Å². The second-order valence-corrected chi connectivity index (χ2v) is 13.4. The molecule has 9 nitrogen and oxygen atoms in total. The van der Waals surface area contributed by atoms with Crippen molar-refractivity contribution >= 4 is 17.8 Å². The number of carboxylic acids is 1. The Morgan fingerprint density at radius 3 is 2.36 bits per heavy atom. The summed E-state index contributed by atoms with van der Waals surface area (Å²) < 4.78 is 11.7. The van der Waals surface area contributed by atoms with Gasteiger partial charge in [-0.1, -0.05) is 19.3 Å². The zero-order chi connectivity index (χ0) is 30.0. The highest BCUT2D eigenvalue weighted by Gasteiger charge is 2.52. The molecule has 0 heterocycles. The maximum atomic E-state index is 13.8. The van der Waals surface area contributed by atoms with E-state index in [1.807, 2.05) is 0 Å². The van der Waals surface area contributed by atoms with Crippen molar-refractivity contribution in [2.24, 2.45) is 29.1 Å². The minimum Gasteiger partial charge on any atom is -0.496 e. The van der Waals surface area contributed by atoms with Gasteiger partial charge in [0.2, 0.25) is 5.91 Å². The summed E-state index contributed by atoms with van der Waals surface area (Å²) in [6.07, 6.45) is 10.8. The molecule has 228 valence electrons. The van der Waals surface area contributed by atoms with E-state index in [0.717, 1.165) is 32.1 Å². The van der Waals surface area contributed by atoms with E-state index in [1.165, 1.54) is 32.4 Å². The molecule has 1 aromatic carbocycles. The third kappa shape index (κ3) is 6.09. The van der Waals surface area contributed by atoms with Crippen LogP contribution in [0.1, 0.15) is 107 Å². The molecule has 0 saturated heterocycles. The third-order valence-electron chi connectivity index (χ3n) is 10.8. The number of carbonyl (C=O) groups excluding carboxylic acids is 2. The van der Waals surface area contributed by atoms with Gasteiger partial charge in [-0.2, -0.15) is 5.26 Å².